The highest BCUT2D eigenvalue weighted by Crippen LogP contribution is 2.34. The van der Waals surface area contributed by atoms with Gasteiger partial charge in [-0.2, -0.15) is 0 Å². The first-order chi connectivity index (χ1) is 11.1. The van der Waals surface area contributed by atoms with Gasteiger partial charge in [0.15, 0.2) is 0 Å². The first kappa shape index (κ1) is 15.7. The molecule has 0 saturated carbocycles. The molecule has 0 atom stereocenters. The highest BCUT2D eigenvalue weighted by atomic mass is 32.2. The van der Waals surface area contributed by atoms with E-state index in [1.165, 1.54) is 12.0 Å². The van der Waals surface area contributed by atoms with Gasteiger partial charge in [-0.05, 0) is 34.2 Å². The van der Waals surface area contributed by atoms with Crippen molar-refractivity contribution in [3.8, 4) is 0 Å². The van der Waals surface area contributed by atoms with Crippen LogP contribution >= 0.6 is 24.0 Å². The van der Waals surface area contributed by atoms with E-state index in [-0.39, 0.29) is 11.8 Å². The number of carbonyl (C=O) groups excluding carboxylic acids is 2. The number of ether oxygens (including phenoxy) is 1. The smallest absolute Gasteiger partial charge is 0.325 e. The van der Waals surface area contributed by atoms with E-state index in [0.29, 0.717) is 9.89 Å². The van der Waals surface area contributed by atoms with Crippen molar-refractivity contribution in [2.75, 3.05) is 13.7 Å². The number of fused-ring (bicyclic) bond motifs is 1. The van der Waals surface area contributed by atoms with Gasteiger partial charge in [0.05, 0.1) is 12.0 Å². The van der Waals surface area contributed by atoms with Crippen LogP contribution in [0.4, 0.5) is 4.79 Å². The monoisotopic (exact) mass is 343 g/mol. The third-order valence-corrected chi connectivity index (χ3v) is 4.99. The summed E-state index contributed by atoms with van der Waals surface area (Å²) in [6.07, 6.45) is 1.89. The van der Waals surface area contributed by atoms with Crippen molar-refractivity contribution in [3.05, 3.63) is 52.9 Å². The zero-order valence-electron chi connectivity index (χ0n) is 12.3. The summed E-state index contributed by atoms with van der Waals surface area (Å²) in [4.78, 5) is 25.7. The number of methoxy groups -OCH3 is 1. The van der Waals surface area contributed by atoms with Gasteiger partial charge in [0, 0.05) is 0 Å². The van der Waals surface area contributed by atoms with Gasteiger partial charge in [-0.1, -0.05) is 54.7 Å². The van der Waals surface area contributed by atoms with Crippen LogP contribution in [0.25, 0.3) is 16.8 Å². The summed E-state index contributed by atoms with van der Waals surface area (Å²) in [7, 11) is 1.28. The molecule has 1 aliphatic rings. The predicted octanol–water partition coefficient (Wildman–Crippen LogP) is 3.85. The van der Waals surface area contributed by atoms with Gasteiger partial charge >= 0.3 is 5.97 Å². The fourth-order valence-corrected chi connectivity index (χ4v) is 3.57. The fourth-order valence-electron chi connectivity index (χ4n) is 2.35. The van der Waals surface area contributed by atoms with E-state index in [4.69, 9.17) is 12.2 Å². The minimum atomic E-state index is -0.493. The Morgan fingerprint density at radius 3 is 2.78 bits per heavy atom. The number of esters is 1. The normalized spacial score (nSPS) is 16.4. The van der Waals surface area contributed by atoms with Gasteiger partial charge in [0.1, 0.15) is 11.5 Å². The largest absolute Gasteiger partial charge is 0.468 e. The lowest BCUT2D eigenvalue weighted by atomic mass is 10.0. The quantitative estimate of drug-likeness (QED) is 0.481. The van der Waals surface area contributed by atoms with E-state index in [9.17, 15) is 9.59 Å². The van der Waals surface area contributed by atoms with Crippen molar-refractivity contribution in [1.29, 1.82) is 0 Å². The minimum absolute atomic E-state index is 0.159. The van der Waals surface area contributed by atoms with Crippen molar-refractivity contribution in [2.24, 2.45) is 0 Å². The molecular formula is C17H13NO3S2. The maximum absolute atomic E-state index is 12.1. The van der Waals surface area contributed by atoms with Crippen LogP contribution in [0.3, 0.4) is 0 Å². The molecule has 2 aromatic carbocycles. The SMILES string of the molecule is COC(=O)CN1C(=O)SC(=Cc2cccc3ccccc23)C1=S. The number of amides is 1. The number of hydrogen-bond donors (Lipinski definition) is 0. The van der Waals surface area contributed by atoms with Crippen LogP contribution < -0.4 is 0 Å². The number of benzene rings is 2. The Morgan fingerprint density at radius 1 is 1.26 bits per heavy atom. The Hall–Kier alpha value is -2.18. The molecule has 6 heteroatoms. The number of rotatable bonds is 3. The van der Waals surface area contributed by atoms with Gasteiger partial charge in [-0.15, -0.1) is 0 Å². The Labute approximate surface area is 143 Å². The van der Waals surface area contributed by atoms with E-state index in [0.717, 1.165) is 28.1 Å². The molecule has 0 bridgehead atoms. The summed E-state index contributed by atoms with van der Waals surface area (Å²) in [5.74, 6) is -0.493. The van der Waals surface area contributed by atoms with Crippen molar-refractivity contribution in [2.45, 2.75) is 0 Å². The lowest BCUT2D eigenvalue weighted by Gasteiger charge is -2.12. The van der Waals surface area contributed by atoms with Crippen LogP contribution in [0.2, 0.25) is 0 Å². The standard InChI is InChI=1S/C17H13NO3S2/c1-21-15(19)10-18-16(22)14(23-17(18)20)9-12-7-4-6-11-5-2-3-8-13(11)12/h2-9H,10H2,1H3. The fraction of sp³-hybridized carbons (Fsp3) is 0.118. The van der Waals surface area contributed by atoms with Gasteiger partial charge in [-0.3, -0.25) is 14.5 Å². The van der Waals surface area contributed by atoms with E-state index >= 15 is 0 Å². The van der Waals surface area contributed by atoms with Gasteiger partial charge in [-0.25, -0.2) is 0 Å². The molecule has 1 aliphatic heterocycles. The summed E-state index contributed by atoms with van der Waals surface area (Å²) >= 11 is 6.37. The van der Waals surface area contributed by atoms with Crippen LogP contribution in [-0.4, -0.2) is 34.8 Å². The van der Waals surface area contributed by atoms with Gasteiger partial charge in [0.2, 0.25) is 0 Å². The molecule has 0 aromatic heterocycles. The molecule has 23 heavy (non-hydrogen) atoms. The third kappa shape index (κ3) is 3.13. The maximum atomic E-state index is 12.1. The molecule has 1 amide bonds. The summed E-state index contributed by atoms with van der Waals surface area (Å²) < 4.78 is 4.60. The molecule has 1 fully saturated rings. The summed E-state index contributed by atoms with van der Waals surface area (Å²) in [6, 6.07) is 14.0. The second-order valence-electron chi connectivity index (χ2n) is 4.91. The Bertz CT molecular complexity index is 839. The lowest BCUT2D eigenvalue weighted by Crippen LogP contribution is -2.33. The van der Waals surface area contributed by atoms with Crippen LogP contribution in [0.1, 0.15) is 5.56 Å². The average molecular weight is 343 g/mol. The zero-order valence-corrected chi connectivity index (χ0v) is 13.9. The van der Waals surface area contributed by atoms with Crippen LogP contribution in [0.5, 0.6) is 0 Å². The molecule has 2 aromatic rings. The third-order valence-electron chi connectivity index (χ3n) is 3.50. The number of carbonyl (C=O) groups is 2. The zero-order chi connectivity index (χ0) is 16.4. The maximum Gasteiger partial charge on any atom is 0.325 e. The molecule has 0 aliphatic carbocycles. The topological polar surface area (TPSA) is 46.6 Å². The van der Waals surface area contributed by atoms with E-state index in [1.54, 1.807) is 0 Å². The molecule has 0 unspecified atom stereocenters. The Kier molecular flexibility index (Phi) is 4.45. The first-order valence-electron chi connectivity index (χ1n) is 6.90. The Balaban J connectivity index is 1.95. The molecular weight excluding hydrogens is 330 g/mol. The van der Waals surface area contributed by atoms with Gasteiger partial charge in [0.25, 0.3) is 5.24 Å². The molecule has 0 radical (unpaired) electrons. The van der Waals surface area contributed by atoms with E-state index in [1.807, 2.05) is 48.5 Å². The van der Waals surface area contributed by atoms with Crippen LogP contribution in [-0.2, 0) is 9.53 Å². The summed E-state index contributed by atoms with van der Waals surface area (Å²) in [5.41, 5.74) is 0.987. The average Bonchev–Trinajstić information content (AvgIpc) is 2.82. The molecule has 116 valence electrons. The number of thioether (sulfide) groups is 1. The number of nitrogens with zero attached hydrogens (tertiary/aromatic N) is 1. The molecule has 0 spiro atoms. The van der Waals surface area contributed by atoms with Crippen molar-refractivity contribution in [3.63, 3.8) is 0 Å². The Morgan fingerprint density at radius 2 is 2.00 bits per heavy atom. The lowest BCUT2D eigenvalue weighted by molar-refractivity contribution is -0.140. The van der Waals surface area contributed by atoms with Gasteiger partial charge < -0.3 is 4.74 Å². The van der Waals surface area contributed by atoms with E-state index in [2.05, 4.69) is 4.74 Å². The molecule has 1 heterocycles. The molecule has 1 saturated heterocycles. The minimum Gasteiger partial charge on any atom is -0.468 e. The summed E-state index contributed by atoms with van der Waals surface area (Å²) in [6.45, 7) is -0.159. The van der Waals surface area contributed by atoms with Crippen molar-refractivity contribution < 1.29 is 14.3 Å². The van der Waals surface area contributed by atoms with Crippen LogP contribution in [0, 0.1) is 0 Å². The highest BCUT2D eigenvalue weighted by Gasteiger charge is 2.33. The highest BCUT2D eigenvalue weighted by molar-refractivity contribution is 8.19. The van der Waals surface area contributed by atoms with E-state index < -0.39 is 5.97 Å². The molecule has 0 N–H and O–H groups in total. The molecule has 4 nitrogen and oxygen atoms in total. The van der Waals surface area contributed by atoms with Crippen molar-refractivity contribution in [1.82, 2.24) is 4.90 Å². The second kappa shape index (κ2) is 6.52. The van der Waals surface area contributed by atoms with Crippen LogP contribution in [0.15, 0.2) is 47.4 Å². The van der Waals surface area contributed by atoms with Crippen molar-refractivity contribution >= 4 is 57.0 Å². The summed E-state index contributed by atoms with van der Waals surface area (Å²) in [5, 5.41) is 1.95. The second-order valence-corrected chi connectivity index (χ2v) is 6.29. The number of thiocarbonyl (C=S) groups is 1. The molecule has 3 rings (SSSR count). The predicted molar refractivity (Wildman–Crippen MR) is 96.2 cm³/mol. The number of hydrogen-bond acceptors (Lipinski definition) is 5. The first-order valence-corrected chi connectivity index (χ1v) is 8.12.